The molecule has 1 spiro atoms. The molecular weight excluding hydrogens is 393 g/mol. The minimum atomic E-state index is -4.30. The zero-order chi connectivity index (χ0) is 20.6. The van der Waals surface area contributed by atoms with Gasteiger partial charge in [0.25, 0.3) is 0 Å². The number of fused-ring (bicyclic) bond motifs is 1. The van der Waals surface area contributed by atoms with Gasteiger partial charge < -0.3 is 10.6 Å². The van der Waals surface area contributed by atoms with E-state index in [2.05, 4.69) is 20.6 Å². The highest BCUT2D eigenvalue weighted by atomic mass is 19.4. The van der Waals surface area contributed by atoms with Crippen LogP contribution in [0.3, 0.4) is 0 Å². The Morgan fingerprint density at radius 1 is 1.10 bits per heavy atom. The van der Waals surface area contributed by atoms with Crippen LogP contribution in [0.1, 0.15) is 31.4 Å². The number of hydrogen-bond acceptors (Lipinski definition) is 5. The van der Waals surface area contributed by atoms with E-state index < -0.39 is 11.6 Å². The summed E-state index contributed by atoms with van der Waals surface area (Å²) in [5.41, 5.74) is 0.386. The largest absolute Gasteiger partial charge is 0.399 e. The van der Waals surface area contributed by atoms with E-state index in [1.807, 2.05) is 18.2 Å². The van der Waals surface area contributed by atoms with E-state index in [-0.39, 0.29) is 18.5 Å². The Labute approximate surface area is 170 Å². The first-order chi connectivity index (χ1) is 14.4. The highest BCUT2D eigenvalue weighted by Crippen LogP contribution is 2.58. The van der Waals surface area contributed by atoms with E-state index in [4.69, 9.17) is 4.98 Å². The van der Waals surface area contributed by atoms with Crippen molar-refractivity contribution in [3.63, 3.8) is 0 Å². The average Bonchev–Trinajstić information content (AvgIpc) is 3.61. The predicted molar refractivity (Wildman–Crippen MR) is 105 cm³/mol. The lowest BCUT2D eigenvalue weighted by Gasteiger charge is -2.20. The summed E-state index contributed by atoms with van der Waals surface area (Å²) in [6.07, 6.45) is 2.82. The minimum absolute atomic E-state index is 0.0451. The lowest BCUT2D eigenvalue weighted by atomic mass is 10.0. The third-order valence-corrected chi connectivity index (χ3v) is 6.97. The third kappa shape index (κ3) is 2.64. The average molecular weight is 414 g/mol. The monoisotopic (exact) mass is 414 g/mol. The van der Waals surface area contributed by atoms with E-state index in [0.29, 0.717) is 28.5 Å². The molecule has 2 aliphatic carbocycles. The topological polar surface area (TPSA) is 67.1 Å². The highest BCUT2D eigenvalue weighted by molar-refractivity contribution is 5.62. The van der Waals surface area contributed by atoms with Crippen LogP contribution in [0, 0.1) is 5.41 Å². The van der Waals surface area contributed by atoms with Crippen LogP contribution in [0.5, 0.6) is 0 Å². The Hall–Kier alpha value is -2.68. The van der Waals surface area contributed by atoms with Gasteiger partial charge in [0.15, 0.2) is 5.65 Å². The standard InChI is InChI=1S/C21H21F3N6/c22-21(23,24)20(6-7-20)16-11-30-14(8-27-18(30)10-26-16)13-2-1-3-17(28-13)29-15-9-25-12-19(15)4-5-19/h1-3,8,10-11,15,25H,4-7,9,12H2,(H,28,29)/t15-/m0/s1. The first-order valence-corrected chi connectivity index (χ1v) is 10.3. The van der Waals surface area contributed by atoms with Gasteiger partial charge in [-0.05, 0) is 37.8 Å². The molecule has 0 aromatic carbocycles. The number of aromatic nitrogens is 4. The van der Waals surface area contributed by atoms with Crippen LogP contribution in [0.25, 0.3) is 17.0 Å². The van der Waals surface area contributed by atoms with E-state index in [1.165, 1.54) is 25.2 Å². The normalized spacial score (nSPS) is 23.8. The molecule has 156 valence electrons. The molecule has 3 aromatic rings. The van der Waals surface area contributed by atoms with Crippen LogP contribution in [0.4, 0.5) is 19.0 Å². The van der Waals surface area contributed by atoms with Crippen LogP contribution in [-0.2, 0) is 5.41 Å². The van der Waals surface area contributed by atoms with Crippen LogP contribution >= 0.6 is 0 Å². The molecule has 6 nitrogen and oxygen atoms in total. The number of nitrogens with zero attached hydrogens (tertiary/aromatic N) is 4. The molecule has 30 heavy (non-hydrogen) atoms. The maximum Gasteiger partial charge on any atom is 0.399 e. The first-order valence-electron chi connectivity index (χ1n) is 10.3. The maximum atomic E-state index is 13.6. The molecule has 0 amide bonds. The number of imidazole rings is 1. The third-order valence-electron chi connectivity index (χ3n) is 6.97. The molecule has 2 saturated carbocycles. The van der Waals surface area contributed by atoms with Crippen molar-refractivity contribution in [3.8, 4) is 11.4 Å². The lowest BCUT2D eigenvalue weighted by molar-refractivity contribution is -0.161. The van der Waals surface area contributed by atoms with Gasteiger partial charge in [-0.15, -0.1) is 0 Å². The molecule has 0 radical (unpaired) electrons. The second kappa shape index (κ2) is 5.94. The SMILES string of the molecule is FC(F)(F)C1(c2cn3c(-c4cccc(N[C@H]5CNCC56CC6)n4)cnc3cn2)CC1. The molecule has 0 bridgehead atoms. The molecule has 2 N–H and O–H groups in total. The van der Waals surface area contributed by atoms with Gasteiger partial charge in [0.1, 0.15) is 11.2 Å². The Morgan fingerprint density at radius 2 is 1.93 bits per heavy atom. The molecular formula is C21H21F3N6. The summed E-state index contributed by atoms with van der Waals surface area (Å²) in [4.78, 5) is 13.1. The smallest absolute Gasteiger partial charge is 0.365 e. The molecule has 1 aliphatic heterocycles. The molecule has 3 fully saturated rings. The molecule has 6 rings (SSSR count). The number of hydrogen-bond donors (Lipinski definition) is 2. The van der Waals surface area contributed by atoms with Gasteiger partial charge in [0.2, 0.25) is 0 Å². The number of alkyl halides is 3. The van der Waals surface area contributed by atoms with Crippen molar-refractivity contribution in [3.05, 3.63) is 42.5 Å². The summed E-state index contributed by atoms with van der Waals surface area (Å²) in [5.74, 6) is 0.769. The molecule has 9 heteroatoms. The van der Waals surface area contributed by atoms with Gasteiger partial charge in [-0.1, -0.05) is 6.07 Å². The molecule has 3 aromatic heterocycles. The summed E-state index contributed by atoms with van der Waals surface area (Å²) in [6.45, 7) is 1.95. The second-order valence-corrected chi connectivity index (χ2v) is 8.82. The summed E-state index contributed by atoms with van der Waals surface area (Å²) >= 11 is 0. The zero-order valence-corrected chi connectivity index (χ0v) is 16.2. The van der Waals surface area contributed by atoms with Crippen molar-refractivity contribution >= 4 is 11.5 Å². The van der Waals surface area contributed by atoms with Crippen molar-refractivity contribution in [2.75, 3.05) is 18.4 Å². The molecule has 3 aliphatic rings. The minimum Gasteiger partial charge on any atom is -0.365 e. The van der Waals surface area contributed by atoms with Gasteiger partial charge >= 0.3 is 6.18 Å². The maximum absolute atomic E-state index is 13.6. The van der Waals surface area contributed by atoms with E-state index in [0.717, 1.165) is 18.9 Å². The summed E-state index contributed by atoms with van der Waals surface area (Å²) in [7, 11) is 0. The Kier molecular flexibility index (Phi) is 3.58. The number of halogens is 3. The first kappa shape index (κ1) is 18.1. The molecule has 1 saturated heterocycles. The van der Waals surface area contributed by atoms with Gasteiger partial charge in [-0.25, -0.2) is 9.97 Å². The number of rotatable bonds is 4. The van der Waals surface area contributed by atoms with Crippen molar-refractivity contribution < 1.29 is 13.2 Å². The van der Waals surface area contributed by atoms with Gasteiger partial charge in [-0.3, -0.25) is 9.38 Å². The van der Waals surface area contributed by atoms with Gasteiger partial charge in [-0.2, -0.15) is 13.2 Å². The summed E-state index contributed by atoms with van der Waals surface area (Å²) in [6, 6.07) is 6.04. The summed E-state index contributed by atoms with van der Waals surface area (Å²) in [5, 5.41) is 6.99. The Balaban J connectivity index is 1.35. The zero-order valence-electron chi connectivity index (χ0n) is 16.2. The van der Waals surface area contributed by atoms with Crippen molar-refractivity contribution in [2.45, 2.75) is 43.3 Å². The summed E-state index contributed by atoms with van der Waals surface area (Å²) < 4.78 is 42.3. The van der Waals surface area contributed by atoms with Crippen LogP contribution in [0.2, 0.25) is 0 Å². The van der Waals surface area contributed by atoms with Gasteiger partial charge in [0, 0.05) is 30.7 Å². The number of pyridine rings is 1. The van der Waals surface area contributed by atoms with E-state index in [1.54, 1.807) is 10.6 Å². The molecule has 0 unspecified atom stereocenters. The number of anilines is 1. The fourth-order valence-corrected chi connectivity index (χ4v) is 4.67. The Morgan fingerprint density at radius 3 is 2.67 bits per heavy atom. The highest BCUT2D eigenvalue weighted by Gasteiger charge is 2.65. The fraction of sp³-hybridized carbons (Fsp3) is 0.476. The second-order valence-electron chi connectivity index (χ2n) is 8.82. The van der Waals surface area contributed by atoms with Crippen LogP contribution in [-0.4, -0.2) is 44.7 Å². The van der Waals surface area contributed by atoms with Crippen LogP contribution < -0.4 is 10.6 Å². The van der Waals surface area contributed by atoms with E-state index in [9.17, 15) is 13.2 Å². The van der Waals surface area contributed by atoms with Crippen molar-refractivity contribution in [2.24, 2.45) is 5.41 Å². The lowest BCUT2D eigenvalue weighted by Crippen LogP contribution is -2.30. The fourth-order valence-electron chi connectivity index (χ4n) is 4.67. The quantitative estimate of drug-likeness (QED) is 0.684. The molecule has 1 atom stereocenters. The van der Waals surface area contributed by atoms with Crippen molar-refractivity contribution in [1.29, 1.82) is 0 Å². The number of nitrogens with one attached hydrogen (secondary N) is 2. The van der Waals surface area contributed by atoms with Gasteiger partial charge in [0.05, 0.1) is 29.5 Å². The Bertz CT molecular complexity index is 1130. The predicted octanol–water partition coefficient (Wildman–Crippen LogP) is 3.55. The van der Waals surface area contributed by atoms with Crippen LogP contribution in [0.15, 0.2) is 36.8 Å². The van der Waals surface area contributed by atoms with E-state index >= 15 is 0 Å². The molecule has 4 heterocycles. The van der Waals surface area contributed by atoms with Crippen molar-refractivity contribution in [1.82, 2.24) is 24.7 Å².